The maximum absolute atomic E-state index is 9.39. The highest BCUT2D eigenvalue weighted by Gasteiger charge is 2.28. The smallest absolute Gasteiger partial charge is 0.103 e. The molecule has 65 valence electrons. The number of hydrogen-bond donors (Lipinski definition) is 3. The molecule has 0 aliphatic heterocycles. The average molecular weight is 159 g/mol. The lowest BCUT2D eigenvalue weighted by atomic mass is 9.97. The van der Waals surface area contributed by atoms with Crippen LogP contribution in [0.2, 0.25) is 0 Å². The van der Waals surface area contributed by atoms with Gasteiger partial charge in [-0.15, -0.1) is 0 Å². The molecular weight excluding hydrogens is 144 g/mol. The molecule has 0 bridgehead atoms. The minimum absolute atomic E-state index is 0.150. The summed E-state index contributed by atoms with van der Waals surface area (Å²) in [4.78, 5) is 0. The van der Waals surface area contributed by atoms with Crippen molar-refractivity contribution >= 4 is 0 Å². The van der Waals surface area contributed by atoms with Gasteiger partial charge in [0.2, 0.25) is 0 Å². The van der Waals surface area contributed by atoms with Crippen LogP contribution in [0.5, 0.6) is 0 Å². The van der Waals surface area contributed by atoms with Crippen molar-refractivity contribution in [1.82, 2.24) is 0 Å². The SMILES string of the molecule is OCC(O)C(O)C1C[CH]CC1. The maximum atomic E-state index is 9.39. The van der Waals surface area contributed by atoms with Crippen molar-refractivity contribution in [3.63, 3.8) is 0 Å². The Balaban J connectivity index is 2.32. The van der Waals surface area contributed by atoms with Crippen LogP contribution in [0.15, 0.2) is 0 Å². The molecule has 3 N–H and O–H groups in total. The monoisotopic (exact) mass is 159 g/mol. The van der Waals surface area contributed by atoms with Crippen LogP contribution in [-0.2, 0) is 0 Å². The molecule has 1 aliphatic rings. The normalized spacial score (nSPS) is 25.4. The lowest BCUT2D eigenvalue weighted by Crippen LogP contribution is -2.34. The summed E-state index contributed by atoms with van der Waals surface area (Å²) in [6, 6.07) is 0. The van der Waals surface area contributed by atoms with Crippen LogP contribution in [0.25, 0.3) is 0 Å². The minimum Gasteiger partial charge on any atom is -0.394 e. The van der Waals surface area contributed by atoms with Crippen molar-refractivity contribution in [1.29, 1.82) is 0 Å². The number of hydrogen-bond acceptors (Lipinski definition) is 3. The molecule has 0 aromatic heterocycles. The Labute approximate surface area is 66.7 Å². The van der Waals surface area contributed by atoms with Crippen molar-refractivity contribution in [2.24, 2.45) is 5.92 Å². The van der Waals surface area contributed by atoms with E-state index in [4.69, 9.17) is 10.2 Å². The Kier molecular flexibility index (Phi) is 3.30. The molecule has 0 aromatic rings. The first-order valence-corrected chi connectivity index (χ1v) is 4.04. The first kappa shape index (κ1) is 8.97. The molecule has 1 radical (unpaired) electrons. The largest absolute Gasteiger partial charge is 0.394 e. The van der Waals surface area contributed by atoms with Gasteiger partial charge in [-0.25, -0.2) is 0 Å². The van der Waals surface area contributed by atoms with Crippen LogP contribution < -0.4 is 0 Å². The highest BCUT2D eigenvalue weighted by Crippen LogP contribution is 2.28. The quantitative estimate of drug-likeness (QED) is 0.530. The van der Waals surface area contributed by atoms with E-state index in [0.717, 1.165) is 19.3 Å². The fraction of sp³-hybridized carbons (Fsp3) is 0.875. The van der Waals surface area contributed by atoms with Crippen molar-refractivity contribution < 1.29 is 15.3 Å². The van der Waals surface area contributed by atoms with Crippen molar-refractivity contribution in [3.8, 4) is 0 Å². The van der Waals surface area contributed by atoms with E-state index in [-0.39, 0.29) is 12.5 Å². The van der Waals surface area contributed by atoms with Gasteiger partial charge in [0.25, 0.3) is 0 Å². The van der Waals surface area contributed by atoms with E-state index in [0.29, 0.717) is 0 Å². The Bertz CT molecular complexity index is 110. The molecule has 0 aromatic carbocycles. The summed E-state index contributed by atoms with van der Waals surface area (Å²) in [7, 11) is 0. The molecular formula is C8H15O3. The molecule has 0 saturated heterocycles. The molecule has 3 unspecified atom stereocenters. The summed E-state index contributed by atoms with van der Waals surface area (Å²) in [6.45, 7) is -0.350. The average Bonchev–Trinajstić information content (AvgIpc) is 2.53. The third kappa shape index (κ3) is 2.15. The molecule has 1 saturated carbocycles. The van der Waals surface area contributed by atoms with E-state index < -0.39 is 12.2 Å². The fourth-order valence-electron chi connectivity index (χ4n) is 1.51. The van der Waals surface area contributed by atoms with Crippen LogP contribution in [0, 0.1) is 12.3 Å². The van der Waals surface area contributed by atoms with Gasteiger partial charge in [-0.3, -0.25) is 0 Å². The minimum atomic E-state index is -0.966. The summed E-state index contributed by atoms with van der Waals surface area (Å²) in [5.41, 5.74) is 0. The molecule has 3 nitrogen and oxygen atoms in total. The van der Waals surface area contributed by atoms with Crippen molar-refractivity contribution in [2.75, 3.05) is 6.61 Å². The van der Waals surface area contributed by atoms with Gasteiger partial charge in [0.05, 0.1) is 12.7 Å². The van der Waals surface area contributed by atoms with Gasteiger partial charge in [0, 0.05) is 0 Å². The molecule has 0 amide bonds. The van der Waals surface area contributed by atoms with E-state index in [2.05, 4.69) is 6.42 Å². The van der Waals surface area contributed by atoms with Gasteiger partial charge < -0.3 is 15.3 Å². The summed E-state index contributed by atoms with van der Waals surface area (Å²) in [5, 5.41) is 27.0. The molecule has 1 aliphatic carbocycles. The first-order valence-electron chi connectivity index (χ1n) is 4.04. The van der Waals surface area contributed by atoms with E-state index in [1.165, 1.54) is 0 Å². The lowest BCUT2D eigenvalue weighted by Gasteiger charge is -2.21. The van der Waals surface area contributed by atoms with Gasteiger partial charge in [-0.1, -0.05) is 0 Å². The van der Waals surface area contributed by atoms with Crippen molar-refractivity contribution in [3.05, 3.63) is 6.42 Å². The summed E-state index contributed by atoms with van der Waals surface area (Å²) >= 11 is 0. The van der Waals surface area contributed by atoms with Crippen LogP contribution >= 0.6 is 0 Å². The second kappa shape index (κ2) is 4.04. The number of aliphatic hydroxyl groups excluding tert-OH is 3. The molecule has 1 fully saturated rings. The lowest BCUT2D eigenvalue weighted by molar-refractivity contribution is -0.0411. The molecule has 3 atom stereocenters. The molecule has 0 heterocycles. The highest BCUT2D eigenvalue weighted by atomic mass is 16.4. The van der Waals surface area contributed by atoms with E-state index in [1.807, 2.05) is 0 Å². The number of aliphatic hydroxyl groups is 3. The van der Waals surface area contributed by atoms with Crippen LogP contribution in [0.4, 0.5) is 0 Å². The van der Waals surface area contributed by atoms with E-state index >= 15 is 0 Å². The molecule has 11 heavy (non-hydrogen) atoms. The van der Waals surface area contributed by atoms with Crippen molar-refractivity contribution in [2.45, 2.75) is 31.5 Å². The molecule has 1 rings (SSSR count). The second-order valence-corrected chi connectivity index (χ2v) is 3.10. The Hall–Kier alpha value is -0.120. The van der Waals surface area contributed by atoms with Gasteiger partial charge in [-0.2, -0.15) is 0 Å². The van der Waals surface area contributed by atoms with Crippen LogP contribution in [0.1, 0.15) is 19.3 Å². The summed E-state index contributed by atoms with van der Waals surface area (Å²) < 4.78 is 0. The second-order valence-electron chi connectivity index (χ2n) is 3.10. The number of rotatable bonds is 3. The Morgan fingerprint density at radius 1 is 1.45 bits per heavy atom. The third-order valence-electron chi connectivity index (χ3n) is 2.28. The predicted molar refractivity (Wildman–Crippen MR) is 40.7 cm³/mol. The van der Waals surface area contributed by atoms with Crippen LogP contribution in [-0.4, -0.2) is 34.1 Å². The Morgan fingerprint density at radius 3 is 2.64 bits per heavy atom. The van der Waals surface area contributed by atoms with Crippen LogP contribution in [0.3, 0.4) is 0 Å². The zero-order chi connectivity index (χ0) is 8.27. The molecule has 0 spiro atoms. The highest BCUT2D eigenvalue weighted by molar-refractivity contribution is 4.87. The zero-order valence-corrected chi connectivity index (χ0v) is 6.48. The van der Waals surface area contributed by atoms with Gasteiger partial charge in [0.1, 0.15) is 6.10 Å². The van der Waals surface area contributed by atoms with Gasteiger partial charge >= 0.3 is 0 Å². The standard InChI is InChI=1S/C8H15O3/c9-5-7(10)8(11)6-3-1-2-4-6/h1,6-11H,2-5H2. The maximum Gasteiger partial charge on any atom is 0.103 e. The predicted octanol–water partition coefficient (Wildman–Crippen LogP) is -0.295. The summed E-state index contributed by atoms with van der Waals surface area (Å²) in [5.74, 6) is 0.150. The topological polar surface area (TPSA) is 60.7 Å². The van der Waals surface area contributed by atoms with Gasteiger partial charge in [-0.05, 0) is 31.6 Å². The van der Waals surface area contributed by atoms with E-state index in [1.54, 1.807) is 0 Å². The fourth-order valence-corrected chi connectivity index (χ4v) is 1.51. The van der Waals surface area contributed by atoms with Gasteiger partial charge in [0.15, 0.2) is 0 Å². The molecule has 3 heteroatoms. The first-order chi connectivity index (χ1) is 5.25. The summed E-state index contributed by atoms with van der Waals surface area (Å²) in [6.07, 6.45) is 3.19. The van der Waals surface area contributed by atoms with E-state index in [9.17, 15) is 5.11 Å². The third-order valence-corrected chi connectivity index (χ3v) is 2.28. The Morgan fingerprint density at radius 2 is 2.18 bits per heavy atom. The zero-order valence-electron chi connectivity index (χ0n) is 6.48.